The summed E-state index contributed by atoms with van der Waals surface area (Å²) in [7, 11) is 3.19. The summed E-state index contributed by atoms with van der Waals surface area (Å²) < 4.78 is 10.6. The van der Waals surface area contributed by atoms with E-state index in [9.17, 15) is 4.79 Å². The van der Waals surface area contributed by atoms with Gasteiger partial charge in [0.1, 0.15) is 0 Å². The third kappa shape index (κ3) is 4.96. The Balaban J connectivity index is 2.04. The van der Waals surface area contributed by atoms with Gasteiger partial charge in [0.2, 0.25) is 0 Å². The van der Waals surface area contributed by atoms with E-state index in [-0.39, 0.29) is 11.4 Å². The van der Waals surface area contributed by atoms with Gasteiger partial charge < -0.3 is 20.1 Å². The molecule has 0 heterocycles. The third-order valence-electron chi connectivity index (χ3n) is 4.04. The summed E-state index contributed by atoms with van der Waals surface area (Å²) in [6, 6.07) is 10.3. The first-order valence-electron chi connectivity index (χ1n) is 7.99. The zero-order valence-corrected chi connectivity index (χ0v) is 16.7. The summed E-state index contributed by atoms with van der Waals surface area (Å²) >= 11 is 11.9. The van der Waals surface area contributed by atoms with Crippen LogP contribution in [0.25, 0.3) is 0 Å². The molecule has 26 heavy (non-hydrogen) atoms. The van der Waals surface area contributed by atoms with Crippen molar-refractivity contribution in [3.05, 3.63) is 52.0 Å². The van der Waals surface area contributed by atoms with E-state index in [1.165, 1.54) is 0 Å². The smallest absolute Gasteiger partial charge is 0.319 e. The molecule has 0 aliphatic carbocycles. The van der Waals surface area contributed by atoms with Crippen LogP contribution in [0, 0.1) is 0 Å². The van der Waals surface area contributed by atoms with Gasteiger partial charge in [-0.1, -0.05) is 43.1 Å². The number of benzene rings is 2. The fourth-order valence-electron chi connectivity index (χ4n) is 2.42. The Bertz CT molecular complexity index is 794. The van der Waals surface area contributed by atoms with Crippen molar-refractivity contribution in [1.29, 1.82) is 0 Å². The third-order valence-corrected chi connectivity index (χ3v) is 4.58. The number of urea groups is 1. The van der Waals surface area contributed by atoms with E-state index in [1.54, 1.807) is 32.4 Å². The lowest BCUT2D eigenvalue weighted by atomic mass is 9.84. The number of amides is 2. The number of halogens is 2. The van der Waals surface area contributed by atoms with Gasteiger partial charge in [-0.2, -0.15) is 0 Å². The first-order valence-corrected chi connectivity index (χ1v) is 8.75. The summed E-state index contributed by atoms with van der Waals surface area (Å²) in [5.41, 5.74) is 1.19. The highest BCUT2D eigenvalue weighted by molar-refractivity contribution is 6.36. The molecule has 0 saturated heterocycles. The van der Waals surface area contributed by atoms with Crippen LogP contribution in [0.3, 0.4) is 0 Å². The molecule has 5 nitrogen and oxygen atoms in total. The minimum Gasteiger partial charge on any atom is -0.493 e. The standard InChI is InChI=1S/C19H22Cl2N2O3/c1-19(2,12-5-8-16(25-3)17(9-12)26-4)11-22-18(24)23-15-7-6-13(20)10-14(15)21/h5-10H,11H2,1-4H3,(H2,22,23,24). The van der Waals surface area contributed by atoms with Crippen molar-refractivity contribution in [1.82, 2.24) is 5.32 Å². The zero-order valence-electron chi connectivity index (χ0n) is 15.2. The van der Waals surface area contributed by atoms with Crippen molar-refractivity contribution >= 4 is 34.9 Å². The van der Waals surface area contributed by atoms with Crippen molar-refractivity contribution < 1.29 is 14.3 Å². The topological polar surface area (TPSA) is 59.6 Å². The number of anilines is 1. The highest BCUT2D eigenvalue weighted by atomic mass is 35.5. The van der Waals surface area contributed by atoms with Gasteiger partial charge in [-0.25, -0.2) is 4.79 Å². The molecule has 0 atom stereocenters. The highest BCUT2D eigenvalue weighted by Crippen LogP contribution is 2.33. The van der Waals surface area contributed by atoms with Gasteiger partial charge in [0.25, 0.3) is 0 Å². The average Bonchev–Trinajstić information content (AvgIpc) is 2.61. The molecular weight excluding hydrogens is 375 g/mol. The van der Waals surface area contributed by atoms with Crippen molar-refractivity contribution in [2.75, 3.05) is 26.1 Å². The molecule has 2 aromatic carbocycles. The van der Waals surface area contributed by atoms with Crippen LogP contribution in [-0.4, -0.2) is 26.8 Å². The maximum Gasteiger partial charge on any atom is 0.319 e. The van der Waals surface area contributed by atoms with Crippen LogP contribution in [0.5, 0.6) is 11.5 Å². The Hall–Kier alpha value is -2.11. The molecule has 0 unspecified atom stereocenters. The predicted molar refractivity (Wildman–Crippen MR) is 106 cm³/mol. The molecule has 2 N–H and O–H groups in total. The number of ether oxygens (including phenoxy) is 2. The summed E-state index contributed by atoms with van der Waals surface area (Å²) in [6.07, 6.45) is 0. The fourth-order valence-corrected chi connectivity index (χ4v) is 2.87. The van der Waals surface area contributed by atoms with Crippen molar-refractivity contribution in [2.24, 2.45) is 0 Å². The number of hydrogen-bond donors (Lipinski definition) is 2. The summed E-state index contributed by atoms with van der Waals surface area (Å²) in [4.78, 5) is 12.2. The Morgan fingerprint density at radius 2 is 1.73 bits per heavy atom. The average molecular weight is 397 g/mol. The van der Waals surface area contributed by atoms with Gasteiger partial charge in [0.15, 0.2) is 11.5 Å². The van der Waals surface area contributed by atoms with Gasteiger partial charge >= 0.3 is 6.03 Å². The van der Waals surface area contributed by atoms with Crippen molar-refractivity contribution in [2.45, 2.75) is 19.3 Å². The Morgan fingerprint density at radius 1 is 1.04 bits per heavy atom. The van der Waals surface area contributed by atoms with Gasteiger partial charge in [-0.3, -0.25) is 0 Å². The van der Waals surface area contributed by atoms with Crippen LogP contribution in [0.2, 0.25) is 10.0 Å². The van der Waals surface area contributed by atoms with Gasteiger partial charge in [-0.05, 0) is 35.9 Å². The van der Waals surface area contributed by atoms with E-state index >= 15 is 0 Å². The van der Waals surface area contributed by atoms with Crippen LogP contribution in [0.15, 0.2) is 36.4 Å². The normalized spacial score (nSPS) is 11.0. The van der Waals surface area contributed by atoms with E-state index in [1.807, 2.05) is 32.0 Å². The van der Waals surface area contributed by atoms with E-state index < -0.39 is 0 Å². The van der Waals surface area contributed by atoms with Crippen LogP contribution in [-0.2, 0) is 5.41 Å². The van der Waals surface area contributed by atoms with Crippen LogP contribution in [0.1, 0.15) is 19.4 Å². The first-order chi connectivity index (χ1) is 12.3. The maximum absolute atomic E-state index is 12.2. The molecule has 0 aliphatic rings. The molecule has 0 spiro atoms. The minimum atomic E-state index is -0.345. The maximum atomic E-state index is 12.2. The monoisotopic (exact) mass is 396 g/mol. The second-order valence-corrected chi connectivity index (χ2v) is 7.23. The summed E-state index contributed by atoms with van der Waals surface area (Å²) in [6.45, 7) is 4.48. The second kappa shape index (κ2) is 8.52. The largest absolute Gasteiger partial charge is 0.493 e. The first kappa shape index (κ1) is 20.2. The Morgan fingerprint density at radius 3 is 2.35 bits per heavy atom. The molecule has 0 bridgehead atoms. The molecule has 2 rings (SSSR count). The summed E-state index contributed by atoms with van der Waals surface area (Å²) in [5, 5.41) is 6.47. The number of nitrogens with one attached hydrogen (secondary N) is 2. The SMILES string of the molecule is COc1ccc(C(C)(C)CNC(=O)Nc2ccc(Cl)cc2Cl)cc1OC. The number of carbonyl (C=O) groups is 1. The van der Waals surface area contributed by atoms with E-state index in [0.29, 0.717) is 33.8 Å². The summed E-state index contributed by atoms with van der Waals surface area (Å²) in [5.74, 6) is 1.31. The fraction of sp³-hybridized carbons (Fsp3) is 0.316. The Kier molecular flexibility index (Phi) is 6.62. The lowest BCUT2D eigenvalue weighted by Gasteiger charge is -2.26. The number of carbonyl (C=O) groups excluding carboxylic acids is 1. The van der Waals surface area contributed by atoms with Gasteiger partial charge in [-0.15, -0.1) is 0 Å². The van der Waals surface area contributed by atoms with E-state index in [2.05, 4.69) is 10.6 Å². The number of methoxy groups -OCH3 is 2. The number of rotatable bonds is 6. The predicted octanol–water partition coefficient (Wildman–Crippen LogP) is 5.11. The lowest BCUT2D eigenvalue weighted by molar-refractivity contribution is 0.249. The van der Waals surface area contributed by atoms with Crippen LogP contribution >= 0.6 is 23.2 Å². The molecule has 0 fully saturated rings. The Labute approximate surface area is 163 Å². The van der Waals surface area contributed by atoms with Crippen LogP contribution in [0.4, 0.5) is 10.5 Å². The molecule has 2 aromatic rings. The highest BCUT2D eigenvalue weighted by Gasteiger charge is 2.23. The molecule has 140 valence electrons. The van der Waals surface area contributed by atoms with Gasteiger partial charge in [0.05, 0.1) is 24.9 Å². The van der Waals surface area contributed by atoms with Crippen LogP contribution < -0.4 is 20.1 Å². The van der Waals surface area contributed by atoms with Gasteiger partial charge in [0, 0.05) is 17.0 Å². The van der Waals surface area contributed by atoms with E-state index in [0.717, 1.165) is 5.56 Å². The zero-order chi connectivity index (χ0) is 19.3. The molecule has 0 aliphatic heterocycles. The van der Waals surface area contributed by atoms with E-state index in [4.69, 9.17) is 32.7 Å². The minimum absolute atomic E-state index is 0.319. The van der Waals surface area contributed by atoms with Crippen molar-refractivity contribution in [3.8, 4) is 11.5 Å². The van der Waals surface area contributed by atoms with Crippen molar-refractivity contribution in [3.63, 3.8) is 0 Å². The lowest BCUT2D eigenvalue weighted by Crippen LogP contribution is -2.39. The molecule has 7 heteroatoms. The second-order valence-electron chi connectivity index (χ2n) is 6.39. The molecule has 2 amide bonds. The molecule has 0 aromatic heterocycles. The molecule has 0 saturated carbocycles. The quantitative estimate of drug-likeness (QED) is 0.712. The number of hydrogen-bond acceptors (Lipinski definition) is 3. The molecule has 0 radical (unpaired) electrons. The molecular formula is C19H22Cl2N2O3.